The molecule has 5 rings (SSSR count). The maximum absolute atomic E-state index is 12.5. The first-order valence-electron chi connectivity index (χ1n) is 13.7. The Labute approximate surface area is 283 Å². The molecule has 27 nitrogen and oxygen atoms in total. The molecule has 0 amide bonds. The van der Waals surface area contributed by atoms with Crippen LogP contribution in [0.5, 0.6) is 0 Å². The molecule has 3 aromatic rings. The molecule has 12 atom stereocenters. The van der Waals surface area contributed by atoms with Crippen LogP contribution in [0.2, 0.25) is 0 Å². The molecular formula is C19H26BN7O20P4-. The van der Waals surface area contributed by atoms with Crippen molar-refractivity contribution in [3.8, 4) is 0 Å². The standard InChI is InChI=1S/C19H26BN7O20P4/c20-48(34,45-49(35,36)41-3-8-12(30)14(32)18(44-8)27-6-24-10-15(21)22-5-23-16(10)27)46-51(39,40)47-50(37,38)42-4-7-11(29)13(31)17(43-7)26-2-1-9(28)25-19(26)33/h1-2,5-8,11-14,17-18,29-32H,3-4H2,(H,35,36)(H,37,38)(H,39,40)(H2,21,22,23)(H,25,28,33)/q-1/t7-,8-,11-,12-,13-,14-,17-,18-,48?/m1/s1. The summed E-state index contributed by atoms with van der Waals surface area (Å²) in [7, 11) is -18.1. The van der Waals surface area contributed by atoms with Gasteiger partial charge in [-0.05, 0) is 0 Å². The number of ether oxygens (including phenoxy) is 2. The number of aliphatic hydroxyl groups excluding tert-OH is 4. The van der Waals surface area contributed by atoms with E-state index in [2.05, 4.69) is 36.9 Å². The quantitative estimate of drug-likeness (QED) is 0.0574. The number of imidazole rings is 1. The average Bonchev–Trinajstić information content (AvgIpc) is 3.64. The molecule has 3 aromatic heterocycles. The molecule has 51 heavy (non-hydrogen) atoms. The lowest BCUT2D eigenvalue weighted by molar-refractivity contribution is -0.0542. The number of phosphoric ester groups is 2. The molecule has 281 valence electrons. The number of rotatable bonds is 14. The molecule has 2 saturated heterocycles. The highest BCUT2D eigenvalue weighted by atomic mass is 31.3. The van der Waals surface area contributed by atoms with E-state index >= 15 is 0 Å². The van der Waals surface area contributed by atoms with Crippen molar-refractivity contribution in [1.82, 2.24) is 29.1 Å². The van der Waals surface area contributed by atoms with Crippen molar-refractivity contribution in [3.63, 3.8) is 0 Å². The summed E-state index contributed by atoms with van der Waals surface area (Å²) in [6.07, 6.45) is -10.4. The van der Waals surface area contributed by atoms with Crippen LogP contribution < -0.4 is 17.0 Å². The first kappa shape index (κ1) is 39.7. The van der Waals surface area contributed by atoms with Crippen LogP contribution in [0.1, 0.15) is 12.5 Å². The molecule has 32 heteroatoms. The van der Waals surface area contributed by atoms with E-state index in [0.29, 0.717) is 4.57 Å². The maximum atomic E-state index is 12.5. The van der Waals surface area contributed by atoms with Crippen molar-refractivity contribution in [3.05, 3.63) is 45.8 Å². The zero-order valence-corrected chi connectivity index (χ0v) is 28.5. The van der Waals surface area contributed by atoms with Crippen molar-refractivity contribution in [2.45, 2.75) is 49.1 Å². The van der Waals surface area contributed by atoms with E-state index in [4.69, 9.17) is 22.8 Å². The number of nitrogen functional groups attached to an aromatic ring is 1. The van der Waals surface area contributed by atoms with Crippen LogP contribution in [-0.4, -0.2) is 122 Å². The number of H-pyrrole nitrogens is 1. The average molecular weight is 807 g/mol. The molecule has 2 aliphatic heterocycles. The Balaban J connectivity index is 1.14. The van der Waals surface area contributed by atoms with Crippen LogP contribution >= 0.6 is 30.9 Å². The predicted octanol–water partition coefficient (Wildman–Crippen LogP) is -3.14. The van der Waals surface area contributed by atoms with Gasteiger partial charge < -0.3 is 62.4 Å². The molecule has 0 bridgehead atoms. The summed E-state index contributed by atoms with van der Waals surface area (Å²) in [4.78, 5) is 66.6. The zero-order chi connectivity index (χ0) is 37.7. The highest BCUT2D eigenvalue weighted by molar-refractivity contribution is 7.87. The first-order valence-corrected chi connectivity index (χ1v) is 19.8. The van der Waals surface area contributed by atoms with E-state index in [1.165, 1.54) is 4.57 Å². The van der Waals surface area contributed by atoms with E-state index in [9.17, 15) is 63.0 Å². The van der Waals surface area contributed by atoms with Crippen molar-refractivity contribution in [2.75, 3.05) is 18.9 Å². The molecule has 0 aliphatic carbocycles. The van der Waals surface area contributed by atoms with Crippen LogP contribution in [0.15, 0.2) is 34.5 Å². The second-order valence-corrected chi connectivity index (χ2v) is 16.8. The summed E-state index contributed by atoms with van der Waals surface area (Å²) >= 11 is 0. The monoisotopic (exact) mass is 807 g/mol. The summed E-state index contributed by atoms with van der Waals surface area (Å²) in [5.41, 5.74) is 4.08. The van der Waals surface area contributed by atoms with E-state index in [1.54, 1.807) is 0 Å². The van der Waals surface area contributed by atoms with Crippen molar-refractivity contribution in [2.24, 2.45) is 0 Å². The van der Waals surface area contributed by atoms with Crippen molar-refractivity contribution < 1.29 is 84.8 Å². The number of phosphoric acid groups is 3. The van der Waals surface area contributed by atoms with Gasteiger partial charge in [0.05, 0.1) is 27.0 Å². The van der Waals surface area contributed by atoms with Gasteiger partial charge in [0.15, 0.2) is 23.9 Å². The van der Waals surface area contributed by atoms with Crippen LogP contribution in [-0.2, 0) is 49.7 Å². The van der Waals surface area contributed by atoms with Crippen LogP contribution in [0, 0.1) is 0 Å². The fourth-order valence-corrected chi connectivity index (χ4v) is 9.87. The number of aromatic amines is 1. The zero-order valence-electron chi connectivity index (χ0n) is 25.0. The summed E-state index contributed by atoms with van der Waals surface area (Å²) < 4.78 is 83.1. The lowest BCUT2D eigenvalue weighted by Gasteiger charge is -2.29. The van der Waals surface area contributed by atoms with Gasteiger partial charge in [0.1, 0.15) is 48.5 Å². The number of fused-ring (bicyclic) bond motifs is 1. The van der Waals surface area contributed by atoms with E-state index in [0.717, 1.165) is 24.9 Å². The highest BCUT2D eigenvalue weighted by Gasteiger charge is 2.48. The van der Waals surface area contributed by atoms with E-state index in [1.807, 2.05) is 4.98 Å². The predicted molar refractivity (Wildman–Crippen MR) is 161 cm³/mol. The summed E-state index contributed by atoms with van der Waals surface area (Å²) in [6, 6.07) is 0.886. The first-order chi connectivity index (χ1) is 23.6. The molecule has 3 radical (unpaired) electrons. The number of aromatic nitrogens is 6. The van der Waals surface area contributed by atoms with Crippen molar-refractivity contribution >= 4 is 55.5 Å². The molecule has 0 saturated carbocycles. The molecule has 0 spiro atoms. The number of nitrogens with one attached hydrogen (secondary N) is 1. The minimum atomic E-state index is -6.10. The van der Waals surface area contributed by atoms with Gasteiger partial charge >= 0.3 is 29.2 Å². The topological polar surface area (TPSA) is 399 Å². The number of aliphatic hydroxyl groups is 4. The summed E-state index contributed by atoms with van der Waals surface area (Å²) in [5, 5.41) is 41.3. The molecule has 5 heterocycles. The number of nitrogens with two attached hydrogens (primary N) is 1. The molecule has 4 unspecified atom stereocenters. The summed E-state index contributed by atoms with van der Waals surface area (Å²) in [5.74, 6) is -0.0110. The summed E-state index contributed by atoms with van der Waals surface area (Å²) in [6.45, 7) is -2.23. The Morgan fingerprint density at radius 2 is 1.33 bits per heavy atom. The Kier molecular flexibility index (Phi) is 11.4. The lowest BCUT2D eigenvalue weighted by atomic mass is 10.1. The Morgan fingerprint density at radius 1 is 0.804 bits per heavy atom. The number of nitrogens with zero attached hydrogens (tertiary/aromatic N) is 5. The maximum Gasteiger partial charge on any atom is 0.485 e. The minimum absolute atomic E-state index is 0.0110. The van der Waals surface area contributed by atoms with Gasteiger partial charge in [-0.2, -0.15) is 4.31 Å². The number of hydrogen-bond acceptors (Lipinski definition) is 21. The fraction of sp³-hybridized carbons (Fsp3) is 0.526. The number of anilines is 1. The lowest BCUT2D eigenvalue weighted by Crippen LogP contribution is -2.37. The number of hydrogen-bond donors (Lipinski definition) is 9. The Hall–Kier alpha value is -2.55. The van der Waals surface area contributed by atoms with Gasteiger partial charge in [-0.1, -0.05) is 0 Å². The van der Waals surface area contributed by atoms with Crippen LogP contribution in [0.25, 0.3) is 11.2 Å². The minimum Gasteiger partial charge on any atom is -0.442 e. The third kappa shape index (κ3) is 9.16. The smallest absolute Gasteiger partial charge is 0.442 e. The van der Waals surface area contributed by atoms with Gasteiger partial charge in [-0.3, -0.25) is 28.0 Å². The third-order valence-electron chi connectivity index (χ3n) is 6.91. The third-order valence-corrected chi connectivity index (χ3v) is 13.0. The molecule has 0 aromatic carbocycles. The molecule has 2 aliphatic rings. The van der Waals surface area contributed by atoms with Gasteiger partial charge in [0.2, 0.25) is 0 Å². The van der Waals surface area contributed by atoms with E-state index < -0.39 is 104 Å². The molecule has 2 fully saturated rings. The largest absolute Gasteiger partial charge is 0.485 e. The normalized spacial score (nSPS) is 31.5. The second-order valence-electron chi connectivity index (χ2n) is 10.5. The van der Waals surface area contributed by atoms with Crippen LogP contribution in [0.3, 0.4) is 0 Å². The van der Waals surface area contributed by atoms with Gasteiger partial charge in [0.25, 0.3) is 5.56 Å². The van der Waals surface area contributed by atoms with E-state index in [-0.39, 0.29) is 17.0 Å². The SMILES string of the molecule is [B-]P(=O)(OP(=O)(O)OC[C@H]1O[C@@H](n2cnc3c(N)ncnc32)[C@H](O)[C@@H]1O)OP(=O)(O)OP(=O)(O)OC[C@H]1O[C@@H](n2ccc(=O)[nH]c2=O)[C@H](O)[C@@H]1O. The second kappa shape index (κ2) is 14.7. The highest BCUT2D eigenvalue weighted by Crippen LogP contribution is 2.71. The van der Waals surface area contributed by atoms with Gasteiger partial charge in [-0.25, -0.2) is 42.1 Å². The van der Waals surface area contributed by atoms with Crippen LogP contribution in [0.4, 0.5) is 5.82 Å². The fourth-order valence-electron chi connectivity index (χ4n) is 4.71. The Bertz CT molecular complexity index is 2080. The van der Waals surface area contributed by atoms with Gasteiger partial charge in [-0.15, -0.1) is 0 Å². The molecular weight excluding hydrogens is 781 g/mol. The Morgan fingerprint density at radius 3 is 1.90 bits per heavy atom. The van der Waals surface area contributed by atoms with Crippen molar-refractivity contribution in [1.29, 1.82) is 0 Å². The molecule has 10 N–H and O–H groups in total. The van der Waals surface area contributed by atoms with Gasteiger partial charge in [0, 0.05) is 12.3 Å².